The first-order valence-electron chi connectivity index (χ1n) is 7.61. The molecule has 0 spiro atoms. The molecule has 1 atom stereocenters. The number of carbonyl (C=O) groups is 2. The molecular weight excluding hydrogens is 304 g/mol. The minimum atomic E-state index is -1.76. The minimum Gasteiger partial charge on any atom is -0.461 e. The molecular formula is C20H20O4. The Bertz CT molecular complexity index is 722. The monoisotopic (exact) mass is 324 g/mol. The Hall–Kier alpha value is -2.72. The van der Waals surface area contributed by atoms with Crippen molar-refractivity contribution < 1.29 is 19.4 Å². The zero-order chi connectivity index (χ0) is 17.6. The molecule has 4 nitrogen and oxygen atoms in total. The zero-order valence-electron chi connectivity index (χ0n) is 13.6. The van der Waals surface area contributed by atoms with Crippen LogP contribution in [-0.2, 0) is 15.1 Å². The van der Waals surface area contributed by atoms with E-state index in [0.29, 0.717) is 16.7 Å². The van der Waals surface area contributed by atoms with Gasteiger partial charge in [-0.25, -0.2) is 0 Å². The Balaban J connectivity index is 2.34. The third-order valence-electron chi connectivity index (χ3n) is 3.65. The van der Waals surface area contributed by atoms with Gasteiger partial charge in [0.1, 0.15) is 6.61 Å². The molecule has 1 unspecified atom stereocenters. The second kappa shape index (κ2) is 7.70. The van der Waals surface area contributed by atoms with E-state index in [2.05, 4.69) is 6.58 Å². The van der Waals surface area contributed by atoms with Crippen LogP contribution >= 0.6 is 0 Å². The normalized spacial score (nSPS) is 12.9. The number of aliphatic hydroxyl groups is 1. The van der Waals surface area contributed by atoms with Crippen molar-refractivity contribution in [1.82, 2.24) is 0 Å². The van der Waals surface area contributed by atoms with Gasteiger partial charge in [-0.05, 0) is 11.1 Å². The number of ether oxygens (including phenoxy) is 1. The lowest BCUT2D eigenvalue weighted by Gasteiger charge is -2.28. The van der Waals surface area contributed by atoms with Crippen molar-refractivity contribution >= 4 is 11.8 Å². The molecule has 24 heavy (non-hydrogen) atoms. The van der Waals surface area contributed by atoms with Crippen molar-refractivity contribution in [3.05, 3.63) is 83.9 Å². The van der Waals surface area contributed by atoms with Crippen LogP contribution in [0.3, 0.4) is 0 Å². The van der Waals surface area contributed by atoms with E-state index in [0.717, 1.165) is 0 Å². The molecule has 4 heteroatoms. The average Bonchev–Trinajstić information content (AvgIpc) is 2.60. The summed E-state index contributed by atoms with van der Waals surface area (Å²) in [4.78, 5) is 23.9. The van der Waals surface area contributed by atoms with Crippen molar-refractivity contribution in [3.8, 4) is 0 Å². The zero-order valence-corrected chi connectivity index (χ0v) is 13.6. The Morgan fingerprint density at radius 3 is 2.12 bits per heavy atom. The number of carbonyl (C=O) groups excluding carboxylic acids is 2. The van der Waals surface area contributed by atoms with Crippen LogP contribution in [0.5, 0.6) is 0 Å². The summed E-state index contributed by atoms with van der Waals surface area (Å²) >= 11 is 0. The average molecular weight is 324 g/mol. The van der Waals surface area contributed by atoms with Gasteiger partial charge in [-0.2, -0.15) is 0 Å². The van der Waals surface area contributed by atoms with Gasteiger partial charge in [0.05, 0.1) is 0 Å². The van der Waals surface area contributed by atoms with Crippen LogP contribution in [0, 0.1) is 0 Å². The van der Waals surface area contributed by atoms with E-state index in [1.54, 1.807) is 54.6 Å². The van der Waals surface area contributed by atoms with E-state index in [9.17, 15) is 14.7 Å². The Labute approximate surface area is 141 Å². The van der Waals surface area contributed by atoms with Gasteiger partial charge in [0.25, 0.3) is 0 Å². The molecule has 0 aromatic heterocycles. The molecule has 0 heterocycles. The fourth-order valence-corrected chi connectivity index (χ4v) is 2.47. The van der Waals surface area contributed by atoms with Crippen LogP contribution in [0.25, 0.3) is 0 Å². The quantitative estimate of drug-likeness (QED) is 0.482. The van der Waals surface area contributed by atoms with Crippen LogP contribution in [0.4, 0.5) is 0 Å². The number of benzene rings is 2. The molecule has 0 amide bonds. The molecule has 0 saturated carbocycles. The summed E-state index contributed by atoms with van der Waals surface area (Å²) in [5.74, 6) is -0.855. The summed E-state index contributed by atoms with van der Waals surface area (Å²) in [5.41, 5.74) is -0.423. The number of ketones is 1. The molecule has 2 aromatic carbocycles. The summed E-state index contributed by atoms with van der Waals surface area (Å²) in [6.45, 7) is 5.09. The van der Waals surface area contributed by atoms with Crippen LogP contribution in [0.2, 0.25) is 0 Å². The summed E-state index contributed by atoms with van der Waals surface area (Å²) in [5, 5.41) is 11.2. The van der Waals surface area contributed by atoms with Gasteiger partial charge in [0.15, 0.2) is 11.4 Å². The predicted molar refractivity (Wildman–Crippen MR) is 91.5 cm³/mol. The molecule has 124 valence electrons. The number of hydrogen-bond donors (Lipinski definition) is 1. The first kappa shape index (κ1) is 17.6. The van der Waals surface area contributed by atoms with Crippen LogP contribution in [0.1, 0.15) is 29.3 Å². The molecule has 0 radical (unpaired) electrons. The summed E-state index contributed by atoms with van der Waals surface area (Å²) < 4.78 is 4.91. The predicted octanol–water partition coefficient (Wildman–Crippen LogP) is 3.27. The van der Waals surface area contributed by atoms with Crippen LogP contribution < -0.4 is 0 Å². The second-order valence-electron chi connectivity index (χ2n) is 5.63. The van der Waals surface area contributed by atoms with Gasteiger partial charge in [-0.15, -0.1) is 0 Å². The summed E-state index contributed by atoms with van der Waals surface area (Å²) in [7, 11) is 0. The van der Waals surface area contributed by atoms with Crippen molar-refractivity contribution in [2.45, 2.75) is 18.9 Å². The van der Waals surface area contributed by atoms with Crippen molar-refractivity contribution in [2.75, 3.05) is 6.61 Å². The molecule has 0 aliphatic carbocycles. The van der Waals surface area contributed by atoms with Crippen molar-refractivity contribution in [3.63, 3.8) is 0 Å². The molecule has 2 aromatic rings. The van der Waals surface area contributed by atoms with E-state index < -0.39 is 17.4 Å². The topological polar surface area (TPSA) is 63.6 Å². The maximum absolute atomic E-state index is 12.9. The molecule has 0 bridgehead atoms. The van der Waals surface area contributed by atoms with Crippen LogP contribution in [-0.4, -0.2) is 23.5 Å². The molecule has 0 aliphatic rings. The highest BCUT2D eigenvalue weighted by Gasteiger charge is 2.38. The maximum atomic E-state index is 12.9. The molecule has 0 fully saturated rings. The largest absolute Gasteiger partial charge is 0.461 e. The van der Waals surface area contributed by atoms with Gasteiger partial charge < -0.3 is 9.84 Å². The highest BCUT2D eigenvalue weighted by atomic mass is 16.5. The first-order chi connectivity index (χ1) is 11.4. The van der Waals surface area contributed by atoms with Gasteiger partial charge in [0, 0.05) is 18.9 Å². The standard InChI is InChI=1S/C20H20O4/c1-15(14-24-16(2)21)13-20(23,18-11-7-4-8-12-18)19(22)17-9-5-3-6-10-17/h3-12,23H,1,13-14H2,2H3. The maximum Gasteiger partial charge on any atom is 0.302 e. The molecule has 0 saturated heterocycles. The first-order valence-corrected chi connectivity index (χ1v) is 7.61. The molecule has 1 N–H and O–H groups in total. The Morgan fingerprint density at radius 2 is 1.58 bits per heavy atom. The van der Waals surface area contributed by atoms with E-state index in [4.69, 9.17) is 4.74 Å². The van der Waals surface area contributed by atoms with E-state index >= 15 is 0 Å². The summed E-state index contributed by atoms with van der Waals surface area (Å²) in [6.07, 6.45) is -0.0297. The smallest absolute Gasteiger partial charge is 0.302 e. The van der Waals surface area contributed by atoms with Crippen molar-refractivity contribution in [2.24, 2.45) is 0 Å². The van der Waals surface area contributed by atoms with Crippen LogP contribution in [0.15, 0.2) is 72.8 Å². The highest BCUT2D eigenvalue weighted by Crippen LogP contribution is 2.32. The van der Waals surface area contributed by atoms with Gasteiger partial charge >= 0.3 is 5.97 Å². The molecule has 2 rings (SSSR count). The fraction of sp³-hybridized carbons (Fsp3) is 0.200. The van der Waals surface area contributed by atoms with E-state index in [1.807, 2.05) is 6.07 Å². The van der Waals surface area contributed by atoms with Crippen molar-refractivity contribution in [1.29, 1.82) is 0 Å². The van der Waals surface area contributed by atoms with Gasteiger partial charge in [0.2, 0.25) is 0 Å². The second-order valence-corrected chi connectivity index (χ2v) is 5.63. The lowest BCUT2D eigenvalue weighted by Crippen LogP contribution is -2.36. The van der Waals surface area contributed by atoms with Gasteiger partial charge in [-0.3, -0.25) is 9.59 Å². The Kier molecular flexibility index (Phi) is 5.66. The Morgan fingerprint density at radius 1 is 1.04 bits per heavy atom. The fourth-order valence-electron chi connectivity index (χ4n) is 2.47. The number of hydrogen-bond acceptors (Lipinski definition) is 4. The van der Waals surface area contributed by atoms with Gasteiger partial charge in [-0.1, -0.05) is 67.2 Å². The summed E-state index contributed by atoms with van der Waals surface area (Å²) in [6, 6.07) is 17.3. The number of rotatable bonds is 7. The SMILES string of the molecule is C=C(COC(C)=O)CC(O)(C(=O)c1ccccc1)c1ccccc1. The van der Waals surface area contributed by atoms with E-state index in [1.165, 1.54) is 6.92 Å². The third-order valence-corrected chi connectivity index (χ3v) is 3.65. The lowest BCUT2D eigenvalue weighted by atomic mass is 9.81. The lowest BCUT2D eigenvalue weighted by molar-refractivity contribution is -0.140. The third kappa shape index (κ3) is 4.18. The molecule has 0 aliphatic heterocycles. The number of Topliss-reactive ketones (excluding diaryl/α,β-unsaturated/α-hetero) is 1. The minimum absolute atomic E-state index is 0.0297. The van der Waals surface area contributed by atoms with E-state index in [-0.39, 0.29) is 13.0 Å². The highest BCUT2D eigenvalue weighted by molar-refractivity contribution is 6.03. The number of esters is 1.